The minimum absolute atomic E-state index is 0.0392. The number of carboxylic acids is 1. The molecule has 1 amide bonds. The van der Waals surface area contributed by atoms with Crippen molar-refractivity contribution in [3.63, 3.8) is 0 Å². The Morgan fingerprint density at radius 2 is 1.10 bits per heavy atom. The van der Waals surface area contributed by atoms with E-state index in [9.17, 15) is 22.8 Å². The van der Waals surface area contributed by atoms with Crippen molar-refractivity contribution >= 4 is 28.1 Å². The van der Waals surface area contributed by atoms with Crippen LogP contribution >= 0.6 is 0 Å². The van der Waals surface area contributed by atoms with Crippen molar-refractivity contribution in [3.8, 4) is 0 Å². The van der Waals surface area contributed by atoms with Gasteiger partial charge in [0.2, 0.25) is 5.91 Å². The SMILES string of the molecule is CCCCCCCCCCCCCCCCCC(=O)OS(=O)(=O)NC(=O)CCC(=O)O. The highest BCUT2D eigenvalue weighted by Gasteiger charge is 2.20. The standard InChI is InChI=1S/C22H41NO7S/c1-2-3-4-5-6-7-8-9-10-11-12-13-14-15-16-17-22(27)30-31(28,29)23-20(24)18-19-21(25)26/h2-19H2,1H3,(H,23,24)(H,25,26). The van der Waals surface area contributed by atoms with Crippen LogP contribution in [-0.4, -0.2) is 31.4 Å². The maximum atomic E-state index is 11.6. The molecule has 0 spiro atoms. The molecule has 0 aromatic rings. The quantitative estimate of drug-likeness (QED) is 0.229. The molecule has 0 aliphatic heterocycles. The van der Waals surface area contributed by atoms with E-state index in [1.54, 1.807) is 0 Å². The number of nitrogens with one attached hydrogen (secondary N) is 1. The van der Waals surface area contributed by atoms with E-state index in [0.717, 1.165) is 19.3 Å². The van der Waals surface area contributed by atoms with Crippen LogP contribution in [0.1, 0.15) is 122 Å². The summed E-state index contributed by atoms with van der Waals surface area (Å²) in [6.07, 6.45) is 16.8. The molecule has 2 N–H and O–H groups in total. The minimum atomic E-state index is -4.54. The van der Waals surface area contributed by atoms with E-state index in [2.05, 4.69) is 11.1 Å². The number of hydrogen-bond donors (Lipinski definition) is 2. The summed E-state index contributed by atoms with van der Waals surface area (Å²) in [5.41, 5.74) is 0. The van der Waals surface area contributed by atoms with Crippen molar-refractivity contribution in [2.24, 2.45) is 0 Å². The number of amides is 1. The highest BCUT2D eigenvalue weighted by molar-refractivity contribution is 7.85. The van der Waals surface area contributed by atoms with E-state index in [-0.39, 0.29) is 6.42 Å². The molecular weight excluding hydrogens is 422 g/mol. The Morgan fingerprint density at radius 3 is 1.52 bits per heavy atom. The van der Waals surface area contributed by atoms with Gasteiger partial charge < -0.3 is 9.29 Å². The monoisotopic (exact) mass is 463 g/mol. The van der Waals surface area contributed by atoms with Gasteiger partial charge in [0, 0.05) is 12.8 Å². The van der Waals surface area contributed by atoms with Gasteiger partial charge >= 0.3 is 22.2 Å². The van der Waals surface area contributed by atoms with Crippen LogP contribution in [0.5, 0.6) is 0 Å². The molecule has 0 saturated carbocycles. The lowest BCUT2D eigenvalue weighted by Gasteiger charge is -2.07. The average molecular weight is 464 g/mol. The van der Waals surface area contributed by atoms with Gasteiger partial charge in [-0.05, 0) is 6.42 Å². The van der Waals surface area contributed by atoms with Crippen LogP contribution in [0, 0.1) is 0 Å². The fourth-order valence-electron chi connectivity index (χ4n) is 3.24. The summed E-state index contributed by atoms with van der Waals surface area (Å²) in [5.74, 6) is -3.17. The summed E-state index contributed by atoms with van der Waals surface area (Å²) in [4.78, 5) is 33.3. The molecule has 0 bridgehead atoms. The average Bonchev–Trinajstić information content (AvgIpc) is 2.68. The lowest BCUT2D eigenvalue weighted by atomic mass is 10.0. The molecule has 0 heterocycles. The Hall–Kier alpha value is -1.64. The smallest absolute Gasteiger partial charge is 0.412 e. The maximum Gasteiger partial charge on any atom is 0.412 e. The predicted molar refractivity (Wildman–Crippen MR) is 120 cm³/mol. The molecule has 9 heteroatoms. The van der Waals surface area contributed by atoms with Crippen molar-refractivity contribution in [2.75, 3.05) is 0 Å². The summed E-state index contributed by atoms with van der Waals surface area (Å²) in [6.45, 7) is 2.24. The van der Waals surface area contributed by atoms with Crippen LogP contribution in [0.25, 0.3) is 0 Å². The Labute approximate surface area is 187 Å². The summed E-state index contributed by atoms with van der Waals surface area (Å²) >= 11 is 0. The van der Waals surface area contributed by atoms with Crippen molar-refractivity contribution in [1.82, 2.24) is 4.72 Å². The third kappa shape index (κ3) is 21.4. The molecule has 0 fully saturated rings. The van der Waals surface area contributed by atoms with Gasteiger partial charge in [0.25, 0.3) is 0 Å². The van der Waals surface area contributed by atoms with Gasteiger partial charge in [-0.1, -0.05) is 96.8 Å². The number of carbonyl (C=O) groups is 3. The molecule has 0 aromatic heterocycles. The maximum absolute atomic E-state index is 11.6. The van der Waals surface area contributed by atoms with E-state index < -0.39 is 41.0 Å². The topological polar surface area (TPSA) is 127 Å². The lowest BCUT2D eigenvalue weighted by molar-refractivity contribution is -0.139. The fourth-order valence-corrected chi connectivity index (χ4v) is 3.99. The zero-order valence-corrected chi connectivity index (χ0v) is 19.8. The molecular formula is C22H41NO7S. The zero-order valence-electron chi connectivity index (χ0n) is 19.0. The second kappa shape index (κ2) is 19.1. The molecule has 0 aliphatic rings. The molecule has 0 aromatic carbocycles. The summed E-state index contributed by atoms with van der Waals surface area (Å²) < 4.78 is 28.9. The molecule has 0 radical (unpaired) electrons. The molecule has 0 unspecified atom stereocenters. The van der Waals surface area contributed by atoms with E-state index in [0.29, 0.717) is 6.42 Å². The number of aliphatic carboxylic acids is 1. The van der Waals surface area contributed by atoms with E-state index in [1.807, 2.05) is 0 Å². The molecule has 31 heavy (non-hydrogen) atoms. The Morgan fingerprint density at radius 1 is 0.677 bits per heavy atom. The van der Waals surface area contributed by atoms with Crippen LogP contribution in [0.3, 0.4) is 0 Å². The van der Waals surface area contributed by atoms with E-state index in [1.165, 1.54) is 75.4 Å². The number of unbranched alkanes of at least 4 members (excludes halogenated alkanes) is 14. The summed E-state index contributed by atoms with van der Waals surface area (Å²) in [6, 6.07) is 0. The summed E-state index contributed by atoms with van der Waals surface area (Å²) in [7, 11) is -4.54. The molecule has 0 atom stereocenters. The van der Waals surface area contributed by atoms with Crippen LogP contribution in [0.2, 0.25) is 0 Å². The highest BCUT2D eigenvalue weighted by Crippen LogP contribution is 2.14. The van der Waals surface area contributed by atoms with Gasteiger partial charge in [0.05, 0.1) is 6.42 Å². The number of carboxylic acid groups (broad SMARTS) is 1. The number of hydrogen-bond acceptors (Lipinski definition) is 6. The molecule has 8 nitrogen and oxygen atoms in total. The zero-order chi connectivity index (χ0) is 23.4. The van der Waals surface area contributed by atoms with Gasteiger partial charge in [0.1, 0.15) is 0 Å². The van der Waals surface area contributed by atoms with Crippen LogP contribution < -0.4 is 4.72 Å². The first-order valence-electron chi connectivity index (χ1n) is 11.8. The Balaban J connectivity index is 3.55. The second-order valence-electron chi connectivity index (χ2n) is 8.03. The number of carbonyl (C=O) groups excluding carboxylic acids is 2. The number of rotatable bonds is 21. The first kappa shape index (κ1) is 29.4. The van der Waals surface area contributed by atoms with Crippen molar-refractivity contribution in [3.05, 3.63) is 0 Å². The molecule has 0 rings (SSSR count). The minimum Gasteiger partial charge on any atom is -0.481 e. The van der Waals surface area contributed by atoms with Crippen molar-refractivity contribution in [2.45, 2.75) is 122 Å². The second-order valence-corrected chi connectivity index (χ2v) is 9.31. The van der Waals surface area contributed by atoms with E-state index in [4.69, 9.17) is 5.11 Å². The van der Waals surface area contributed by atoms with E-state index >= 15 is 0 Å². The van der Waals surface area contributed by atoms with Crippen LogP contribution in [0.4, 0.5) is 0 Å². The largest absolute Gasteiger partial charge is 0.481 e. The molecule has 0 aliphatic carbocycles. The highest BCUT2D eigenvalue weighted by atomic mass is 32.2. The van der Waals surface area contributed by atoms with Gasteiger partial charge in [-0.15, -0.1) is 0 Å². The van der Waals surface area contributed by atoms with Crippen molar-refractivity contribution < 1.29 is 32.1 Å². The predicted octanol–water partition coefficient (Wildman–Crippen LogP) is 5.02. The Bertz CT molecular complexity index is 605. The van der Waals surface area contributed by atoms with Gasteiger partial charge in [-0.2, -0.15) is 8.42 Å². The fraction of sp³-hybridized carbons (Fsp3) is 0.864. The first-order valence-corrected chi connectivity index (χ1v) is 13.2. The van der Waals surface area contributed by atoms with Gasteiger partial charge in [-0.3, -0.25) is 14.4 Å². The van der Waals surface area contributed by atoms with Crippen molar-refractivity contribution in [1.29, 1.82) is 0 Å². The molecule has 182 valence electrons. The first-order chi connectivity index (χ1) is 14.8. The summed E-state index contributed by atoms with van der Waals surface area (Å²) in [5, 5.41) is 8.45. The lowest BCUT2D eigenvalue weighted by Crippen LogP contribution is -2.33. The third-order valence-electron chi connectivity index (χ3n) is 4.99. The Kier molecular flexibility index (Phi) is 18.1. The van der Waals surface area contributed by atoms with Gasteiger partial charge in [0.15, 0.2) is 0 Å². The third-order valence-corrected chi connectivity index (χ3v) is 5.87. The normalized spacial score (nSPS) is 11.3. The molecule has 0 saturated heterocycles. The van der Waals surface area contributed by atoms with Crippen LogP contribution in [0.15, 0.2) is 0 Å². The van der Waals surface area contributed by atoms with Gasteiger partial charge in [-0.25, -0.2) is 4.72 Å². The van der Waals surface area contributed by atoms with Crippen LogP contribution in [-0.2, 0) is 28.9 Å².